The second kappa shape index (κ2) is 9.66. The molecule has 0 radical (unpaired) electrons. The normalized spacial score (nSPS) is 20.3. The quantitative estimate of drug-likeness (QED) is 0.769. The van der Waals surface area contributed by atoms with Gasteiger partial charge in [-0.05, 0) is 50.5 Å². The molecule has 2 amide bonds. The average Bonchev–Trinajstić information content (AvgIpc) is 2.70. The summed E-state index contributed by atoms with van der Waals surface area (Å²) >= 11 is 3.40. The Bertz CT molecular complexity index is 638. The number of anilines is 1. The summed E-state index contributed by atoms with van der Waals surface area (Å²) in [5.74, 6) is 0.263. The molecule has 27 heavy (non-hydrogen) atoms. The highest BCUT2D eigenvalue weighted by molar-refractivity contribution is 9.10. The van der Waals surface area contributed by atoms with Gasteiger partial charge in [0.05, 0.1) is 12.6 Å². The van der Waals surface area contributed by atoms with Crippen LogP contribution in [0.15, 0.2) is 28.7 Å². The van der Waals surface area contributed by atoms with Gasteiger partial charge in [-0.1, -0.05) is 15.9 Å². The van der Waals surface area contributed by atoms with Gasteiger partial charge in [0.15, 0.2) is 0 Å². The molecule has 0 bridgehead atoms. The van der Waals surface area contributed by atoms with Gasteiger partial charge < -0.3 is 10.2 Å². The van der Waals surface area contributed by atoms with Crippen LogP contribution in [0.5, 0.6) is 0 Å². The van der Waals surface area contributed by atoms with E-state index in [1.54, 1.807) is 0 Å². The zero-order chi connectivity index (χ0) is 19.2. The number of rotatable bonds is 5. The maximum absolute atomic E-state index is 12.5. The van der Waals surface area contributed by atoms with E-state index in [0.29, 0.717) is 6.54 Å². The number of likely N-dealkylation sites (tertiary alicyclic amines) is 1. The molecule has 0 aliphatic carbocycles. The van der Waals surface area contributed by atoms with Crippen molar-refractivity contribution in [3.63, 3.8) is 0 Å². The fraction of sp³-hybridized carbons (Fsp3) is 0.600. The predicted octanol–water partition coefficient (Wildman–Crippen LogP) is 2.41. The maximum Gasteiger partial charge on any atom is 0.241 e. The Kier molecular flexibility index (Phi) is 7.26. The summed E-state index contributed by atoms with van der Waals surface area (Å²) in [6.07, 6.45) is 3.50. The molecule has 148 valence electrons. The summed E-state index contributed by atoms with van der Waals surface area (Å²) in [7, 11) is 0. The highest BCUT2D eigenvalue weighted by Crippen LogP contribution is 2.16. The first-order valence-electron chi connectivity index (χ1n) is 9.83. The zero-order valence-electron chi connectivity index (χ0n) is 16.0. The number of carbonyl (C=O) groups is 2. The first-order valence-corrected chi connectivity index (χ1v) is 10.6. The van der Waals surface area contributed by atoms with Crippen molar-refractivity contribution in [3.05, 3.63) is 28.7 Å². The van der Waals surface area contributed by atoms with Gasteiger partial charge in [0.1, 0.15) is 0 Å². The molecule has 0 unspecified atom stereocenters. The molecule has 2 heterocycles. The molecule has 0 spiro atoms. The van der Waals surface area contributed by atoms with E-state index in [-0.39, 0.29) is 17.9 Å². The van der Waals surface area contributed by atoms with Gasteiger partial charge in [0, 0.05) is 49.4 Å². The van der Waals surface area contributed by atoms with Crippen molar-refractivity contribution in [2.75, 3.05) is 51.1 Å². The summed E-state index contributed by atoms with van der Waals surface area (Å²) in [5.41, 5.74) is 0.806. The molecule has 2 saturated heterocycles. The second-order valence-corrected chi connectivity index (χ2v) is 8.34. The van der Waals surface area contributed by atoms with Crippen LogP contribution >= 0.6 is 15.9 Å². The van der Waals surface area contributed by atoms with E-state index in [0.717, 1.165) is 62.3 Å². The van der Waals surface area contributed by atoms with Gasteiger partial charge in [-0.3, -0.25) is 19.4 Å². The van der Waals surface area contributed by atoms with E-state index < -0.39 is 0 Å². The minimum Gasteiger partial charge on any atom is -0.342 e. The van der Waals surface area contributed by atoms with Crippen molar-refractivity contribution in [1.29, 1.82) is 0 Å². The van der Waals surface area contributed by atoms with Crippen LogP contribution in [0, 0.1) is 0 Å². The molecular formula is C20H29BrN4O2. The molecular weight excluding hydrogens is 408 g/mol. The van der Waals surface area contributed by atoms with E-state index in [9.17, 15) is 9.59 Å². The number of nitrogens with one attached hydrogen (secondary N) is 1. The summed E-state index contributed by atoms with van der Waals surface area (Å²) < 4.78 is 0.990. The predicted molar refractivity (Wildman–Crippen MR) is 111 cm³/mol. The minimum absolute atomic E-state index is 0.00941. The average molecular weight is 437 g/mol. The van der Waals surface area contributed by atoms with E-state index >= 15 is 0 Å². The van der Waals surface area contributed by atoms with Crippen molar-refractivity contribution in [2.45, 2.75) is 32.2 Å². The number of carbonyl (C=O) groups excluding carboxylic acids is 2. The van der Waals surface area contributed by atoms with E-state index in [1.165, 1.54) is 6.42 Å². The molecule has 1 atom stereocenters. The number of piperazine rings is 1. The minimum atomic E-state index is -0.186. The third-order valence-corrected chi connectivity index (χ3v) is 6.04. The number of halogens is 1. The third kappa shape index (κ3) is 5.77. The second-order valence-electron chi connectivity index (χ2n) is 7.43. The van der Waals surface area contributed by atoms with Crippen molar-refractivity contribution >= 4 is 33.4 Å². The molecule has 1 aromatic carbocycles. The lowest BCUT2D eigenvalue weighted by Gasteiger charge is -2.38. The first kappa shape index (κ1) is 20.3. The van der Waals surface area contributed by atoms with Crippen LogP contribution in [0.4, 0.5) is 5.69 Å². The monoisotopic (exact) mass is 436 g/mol. The molecule has 1 aromatic rings. The van der Waals surface area contributed by atoms with Gasteiger partial charge in [0.2, 0.25) is 11.8 Å². The molecule has 1 N–H and O–H groups in total. The van der Waals surface area contributed by atoms with Crippen molar-refractivity contribution in [3.8, 4) is 0 Å². The fourth-order valence-corrected chi connectivity index (χ4v) is 3.95. The number of nitrogens with zero attached hydrogens (tertiary/aromatic N) is 3. The number of amides is 2. The molecule has 7 heteroatoms. The van der Waals surface area contributed by atoms with Crippen LogP contribution in [0.1, 0.15) is 26.2 Å². The topological polar surface area (TPSA) is 55.9 Å². The summed E-state index contributed by atoms with van der Waals surface area (Å²) in [6, 6.07) is 7.42. The van der Waals surface area contributed by atoms with Gasteiger partial charge >= 0.3 is 0 Å². The number of hydrogen-bond donors (Lipinski definition) is 1. The van der Waals surface area contributed by atoms with Crippen molar-refractivity contribution in [2.24, 2.45) is 0 Å². The smallest absolute Gasteiger partial charge is 0.241 e. The largest absolute Gasteiger partial charge is 0.342 e. The van der Waals surface area contributed by atoms with Crippen LogP contribution in [0.2, 0.25) is 0 Å². The molecule has 2 aliphatic heterocycles. The van der Waals surface area contributed by atoms with Gasteiger partial charge in [-0.15, -0.1) is 0 Å². The number of hydrogen-bond acceptors (Lipinski definition) is 4. The van der Waals surface area contributed by atoms with Crippen LogP contribution in [0.25, 0.3) is 0 Å². The van der Waals surface area contributed by atoms with Crippen LogP contribution in [-0.2, 0) is 9.59 Å². The molecule has 2 fully saturated rings. The maximum atomic E-state index is 12.5. The highest BCUT2D eigenvalue weighted by Gasteiger charge is 2.27. The Morgan fingerprint density at radius 2 is 1.63 bits per heavy atom. The van der Waals surface area contributed by atoms with Gasteiger partial charge in [-0.2, -0.15) is 0 Å². The fourth-order valence-electron chi connectivity index (χ4n) is 3.69. The van der Waals surface area contributed by atoms with Gasteiger partial charge in [0.25, 0.3) is 0 Å². The first-order chi connectivity index (χ1) is 13.0. The number of piperidine rings is 1. The molecule has 2 aliphatic rings. The lowest BCUT2D eigenvalue weighted by atomic mass is 10.1. The lowest BCUT2D eigenvalue weighted by molar-refractivity contribution is -0.134. The SMILES string of the molecule is C[C@@H](C(=O)Nc1ccc(Br)cc1)N1CCN(CC(=O)N2CCCCC2)CC1. The molecule has 0 saturated carbocycles. The van der Waals surface area contributed by atoms with E-state index in [2.05, 4.69) is 31.0 Å². The summed E-state index contributed by atoms with van der Waals surface area (Å²) in [4.78, 5) is 31.4. The van der Waals surface area contributed by atoms with Crippen molar-refractivity contribution in [1.82, 2.24) is 14.7 Å². The Morgan fingerprint density at radius 1 is 1.00 bits per heavy atom. The molecule has 0 aromatic heterocycles. The van der Waals surface area contributed by atoms with Crippen LogP contribution in [-0.4, -0.2) is 78.4 Å². The van der Waals surface area contributed by atoms with E-state index in [1.807, 2.05) is 36.1 Å². The summed E-state index contributed by atoms with van der Waals surface area (Å²) in [6.45, 7) is 7.55. The molecule has 6 nitrogen and oxygen atoms in total. The Hall–Kier alpha value is -1.44. The van der Waals surface area contributed by atoms with Crippen LogP contribution < -0.4 is 5.32 Å². The van der Waals surface area contributed by atoms with E-state index in [4.69, 9.17) is 0 Å². The summed E-state index contributed by atoms with van der Waals surface area (Å²) in [5, 5.41) is 2.98. The Labute approximate surface area is 170 Å². The number of benzene rings is 1. The Morgan fingerprint density at radius 3 is 2.26 bits per heavy atom. The lowest BCUT2D eigenvalue weighted by Crippen LogP contribution is -2.54. The highest BCUT2D eigenvalue weighted by atomic mass is 79.9. The molecule has 3 rings (SSSR count). The zero-order valence-corrected chi connectivity index (χ0v) is 17.6. The Balaban J connectivity index is 1.43. The van der Waals surface area contributed by atoms with Crippen molar-refractivity contribution < 1.29 is 9.59 Å². The van der Waals surface area contributed by atoms with Crippen LogP contribution in [0.3, 0.4) is 0 Å². The third-order valence-electron chi connectivity index (χ3n) is 5.51. The van der Waals surface area contributed by atoms with Gasteiger partial charge in [-0.25, -0.2) is 0 Å². The standard InChI is InChI=1S/C20H29BrN4O2/c1-16(20(27)22-18-7-5-17(21)6-8-18)24-13-11-23(12-14-24)15-19(26)25-9-3-2-4-10-25/h5-8,16H,2-4,9-15H2,1H3,(H,22,27)/t16-/m0/s1.